The average Bonchev–Trinajstić information content (AvgIpc) is 2.64. The van der Waals surface area contributed by atoms with Crippen LogP contribution in [-0.2, 0) is 9.59 Å². The van der Waals surface area contributed by atoms with Gasteiger partial charge in [0.2, 0.25) is 12.3 Å². The molecular formula is C17H24N6O3. The van der Waals surface area contributed by atoms with Crippen LogP contribution in [0.3, 0.4) is 0 Å². The summed E-state index contributed by atoms with van der Waals surface area (Å²) in [5.74, 6) is -0.226. The summed E-state index contributed by atoms with van der Waals surface area (Å²) >= 11 is 0. The molecule has 2 rings (SSSR count). The van der Waals surface area contributed by atoms with Gasteiger partial charge in [-0.15, -0.1) is 10.2 Å². The summed E-state index contributed by atoms with van der Waals surface area (Å²) in [7, 11) is 0. The number of anilines is 1. The van der Waals surface area contributed by atoms with E-state index in [1.54, 1.807) is 12.1 Å². The first-order valence-corrected chi connectivity index (χ1v) is 8.55. The van der Waals surface area contributed by atoms with Crippen LogP contribution in [0.1, 0.15) is 33.1 Å². The molecule has 0 aliphatic rings. The molecule has 0 bridgehead atoms. The largest absolute Gasteiger partial charge is 0.286 e. The number of para-hydroxylation sites is 1. The lowest BCUT2D eigenvalue weighted by atomic mass is 9.97. The summed E-state index contributed by atoms with van der Waals surface area (Å²) in [5, 5.41) is 17.8. The van der Waals surface area contributed by atoms with Gasteiger partial charge in [-0.25, -0.2) is 10.0 Å². The number of nitrogens with one attached hydrogen (secondary N) is 2. The number of hydroxylamine groups is 2. The predicted octanol–water partition coefficient (Wildman–Crippen LogP) is 1.76. The van der Waals surface area contributed by atoms with Crippen molar-refractivity contribution in [2.75, 3.05) is 12.0 Å². The Hall–Kier alpha value is -2.81. The van der Waals surface area contributed by atoms with Gasteiger partial charge in [-0.05, 0) is 24.5 Å². The van der Waals surface area contributed by atoms with Gasteiger partial charge >= 0.3 is 0 Å². The Morgan fingerprint density at radius 2 is 1.96 bits per heavy atom. The zero-order valence-corrected chi connectivity index (χ0v) is 14.9. The Bertz CT molecular complexity index is 739. The molecule has 0 saturated carbocycles. The van der Waals surface area contributed by atoms with Gasteiger partial charge in [-0.1, -0.05) is 38.8 Å². The van der Waals surface area contributed by atoms with Gasteiger partial charge in [-0.2, -0.15) is 0 Å². The third-order valence-electron chi connectivity index (χ3n) is 3.89. The molecule has 140 valence electrons. The van der Waals surface area contributed by atoms with Crippen LogP contribution >= 0.6 is 0 Å². The summed E-state index contributed by atoms with van der Waals surface area (Å²) in [6.07, 6.45) is 2.61. The quantitative estimate of drug-likeness (QED) is 0.335. The molecule has 1 aromatic heterocycles. The second-order valence-corrected chi connectivity index (χ2v) is 6.49. The molecule has 0 spiro atoms. The molecule has 26 heavy (non-hydrogen) atoms. The maximum absolute atomic E-state index is 12.4. The summed E-state index contributed by atoms with van der Waals surface area (Å²) in [6.45, 7) is 4.13. The first-order chi connectivity index (χ1) is 12.5. The van der Waals surface area contributed by atoms with Crippen LogP contribution in [0.5, 0.6) is 0 Å². The van der Waals surface area contributed by atoms with Crippen molar-refractivity contribution in [3.63, 3.8) is 0 Å². The van der Waals surface area contributed by atoms with Crippen LogP contribution in [0, 0.1) is 11.8 Å². The van der Waals surface area contributed by atoms with Crippen molar-refractivity contribution in [2.24, 2.45) is 11.8 Å². The van der Waals surface area contributed by atoms with E-state index >= 15 is 0 Å². The highest BCUT2D eigenvalue weighted by Gasteiger charge is 2.21. The van der Waals surface area contributed by atoms with Gasteiger partial charge < -0.3 is 0 Å². The third kappa shape index (κ3) is 5.92. The predicted molar refractivity (Wildman–Crippen MR) is 95.8 cm³/mol. The normalized spacial score (nSPS) is 12.0. The average molecular weight is 360 g/mol. The van der Waals surface area contributed by atoms with E-state index in [9.17, 15) is 14.8 Å². The molecule has 2 aromatic rings. The zero-order chi connectivity index (χ0) is 18.9. The lowest BCUT2D eigenvalue weighted by molar-refractivity contribution is -0.154. The van der Waals surface area contributed by atoms with E-state index in [0.717, 1.165) is 12.8 Å². The number of nitrogens with zero attached hydrogens (tertiary/aromatic N) is 4. The van der Waals surface area contributed by atoms with Crippen LogP contribution in [0.25, 0.3) is 11.0 Å². The van der Waals surface area contributed by atoms with Crippen LogP contribution in [0.2, 0.25) is 0 Å². The van der Waals surface area contributed by atoms with Crippen molar-refractivity contribution in [1.82, 2.24) is 25.7 Å². The van der Waals surface area contributed by atoms with Gasteiger partial charge in [0.05, 0.1) is 18.0 Å². The molecule has 1 heterocycles. The fraction of sp³-hybridized carbons (Fsp3) is 0.471. The number of benzene rings is 1. The number of hydrogen-bond donors (Lipinski definition) is 3. The Balaban J connectivity index is 1.96. The van der Waals surface area contributed by atoms with E-state index in [1.165, 1.54) is 0 Å². The second-order valence-electron chi connectivity index (χ2n) is 6.49. The molecule has 1 unspecified atom stereocenters. The minimum atomic E-state index is -0.551. The van der Waals surface area contributed by atoms with Crippen LogP contribution in [-0.4, -0.2) is 44.3 Å². The SMILES string of the molecule is CC(C)CCCC(CN(O)C=O)C(=O)NNc1nnc2ccccc2n1. The molecule has 0 saturated heterocycles. The van der Waals surface area contributed by atoms with Crippen LogP contribution < -0.4 is 10.9 Å². The van der Waals surface area contributed by atoms with Crippen molar-refractivity contribution >= 4 is 29.3 Å². The maximum atomic E-state index is 12.4. The summed E-state index contributed by atoms with van der Waals surface area (Å²) in [6, 6.07) is 7.25. The minimum absolute atomic E-state index is 0.0774. The van der Waals surface area contributed by atoms with E-state index in [0.29, 0.717) is 28.4 Å². The summed E-state index contributed by atoms with van der Waals surface area (Å²) in [5.41, 5.74) is 6.46. The van der Waals surface area contributed by atoms with Crippen molar-refractivity contribution in [3.8, 4) is 0 Å². The molecule has 1 atom stereocenters. The van der Waals surface area contributed by atoms with Crippen LogP contribution in [0.15, 0.2) is 24.3 Å². The number of carbonyl (C=O) groups is 2. The highest BCUT2D eigenvalue weighted by atomic mass is 16.5. The van der Waals surface area contributed by atoms with Gasteiger partial charge in [0, 0.05) is 0 Å². The van der Waals surface area contributed by atoms with E-state index in [2.05, 4.69) is 39.9 Å². The molecule has 9 nitrogen and oxygen atoms in total. The topological polar surface area (TPSA) is 120 Å². The van der Waals surface area contributed by atoms with Gasteiger partial charge in [0.25, 0.3) is 5.95 Å². The Kier molecular flexibility index (Phi) is 7.22. The molecule has 0 aliphatic heterocycles. The summed E-state index contributed by atoms with van der Waals surface area (Å²) < 4.78 is 0. The Morgan fingerprint density at radius 1 is 1.23 bits per heavy atom. The van der Waals surface area contributed by atoms with Gasteiger partial charge in [0.1, 0.15) is 5.52 Å². The van der Waals surface area contributed by atoms with E-state index in [4.69, 9.17) is 0 Å². The molecule has 2 amide bonds. The van der Waals surface area contributed by atoms with Crippen molar-refractivity contribution in [1.29, 1.82) is 0 Å². The number of hydrogen-bond acceptors (Lipinski definition) is 7. The fourth-order valence-corrected chi connectivity index (χ4v) is 2.50. The third-order valence-corrected chi connectivity index (χ3v) is 3.89. The number of rotatable bonds is 10. The summed E-state index contributed by atoms with van der Waals surface area (Å²) in [4.78, 5) is 27.3. The Morgan fingerprint density at radius 3 is 2.65 bits per heavy atom. The Labute approximate surface area is 151 Å². The van der Waals surface area contributed by atoms with E-state index < -0.39 is 5.92 Å². The van der Waals surface area contributed by atoms with Gasteiger partial charge in [0.15, 0.2) is 0 Å². The molecule has 0 fully saturated rings. The molecule has 0 radical (unpaired) electrons. The molecule has 3 N–H and O–H groups in total. The molecule has 1 aromatic carbocycles. The van der Waals surface area contributed by atoms with Crippen molar-refractivity contribution < 1.29 is 14.8 Å². The molecule has 9 heteroatoms. The molecule has 0 aliphatic carbocycles. The number of carbonyl (C=O) groups excluding carboxylic acids is 2. The minimum Gasteiger partial charge on any atom is -0.286 e. The highest BCUT2D eigenvalue weighted by Crippen LogP contribution is 2.14. The highest BCUT2D eigenvalue weighted by molar-refractivity contribution is 5.80. The number of amides is 2. The van der Waals surface area contributed by atoms with Crippen LogP contribution in [0.4, 0.5) is 5.95 Å². The van der Waals surface area contributed by atoms with E-state index in [-0.39, 0.29) is 24.8 Å². The fourth-order valence-electron chi connectivity index (χ4n) is 2.50. The lowest BCUT2D eigenvalue weighted by Crippen LogP contribution is -2.40. The number of hydrazine groups is 1. The lowest BCUT2D eigenvalue weighted by Gasteiger charge is -2.20. The number of fused-ring (bicyclic) bond motifs is 1. The van der Waals surface area contributed by atoms with Crippen molar-refractivity contribution in [3.05, 3.63) is 24.3 Å². The first-order valence-electron chi connectivity index (χ1n) is 8.55. The number of aromatic nitrogens is 3. The maximum Gasteiger partial charge on any atom is 0.262 e. The van der Waals surface area contributed by atoms with E-state index in [1.807, 2.05) is 12.1 Å². The molecular weight excluding hydrogens is 336 g/mol. The van der Waals surface area contributed by atoms with Gasteiger partial charge in [-0.3, -0.25) is 25.6 Å². The smallest absolute Gasteiger partial charge is 0.262 e. The first kappa shape index (κ1) is 19.5. The van der Waals surface area contributed by atoms with Crippen molar-refractivity contribution in [2.45, 2.75) is 33.1 Å². The monoisotopic (exact) mass is 360 g/mol. The standard InChI is InChI=1S/C17H24N6O3/c1-12(2)6-5-7-13(10-23(26)11-24)16(25)20-22-17-18-14-8-3-4-9-15(14)19-21-17/h3-4,8-9,11-13,26H,5-7,10H2,1-2H3,(H,20,25)(H,18,21,22). The zero-order valence-electron chi connectivity index (χ0n) is 14.9. The second kappa shape index (κ2) is 9.62.